The molecule has 1 atom stereocenters. The van der Waals surface area contributed by atoms with Crippen LogP contribution in [0.25, 0.3) is 0 Å². The molecular formula is C12H24O2S. The molecule has 0 saturated heterocycles. The van der Waals surface area contributed by atoms with Crippen LogP contribution in [0.5, 0.6) is 0 Å². The molecule has 0 heterocycles. The molecule has 0 amide bonds. The van der Waals surface area contributed by atoms with Gasteiger partial charge < -0.3 is 4.74 Å². The van der Waals surface area contributed by atoms with Crippen molar-refractivity contribution < 1.29 is 9.53 Å². The molecule has 15 heavy (non-hydrogen) atoms. The number of methoxy groups -OCH3 is 1. The Morgan fingerprint density at radius 2 is 1.53 bits per heavy atom. The van der Waals surface area contributed by atoms with Crippen LogP contribution in [0.15, 0.2) is 0 Å². The van der Waals surface area contributed by atoms with Gasteiger partial charge in [-0.05, 0) is 18.8 Å². The van der Waals surface area contributed by atoms with Crippen molar-refractivity contribution in [3.05, 3.63) is 0 Å². The topological polar surface area (TPSA) is 26.3 Å². The summed E-state index contributed by atoms with van der Waals surface area (Å²) in [5.74, 6) is -0.155. The van der Waals surface area contributed by atoms with E-state index >= 15 is 0 Å². The number of esters is 1. The summed E-state index contributed by atoms with van der Waals surface area (Å²) in [4.78, 5) is 11.9. The predicted molar refractivity (Wildman–Crippen MR) is 67.3 cm³/mol. The van der Waals surface area contributed by atoms with E-state index in [2.05, 4.69) is 33.4 Å². The maximum atomic E-state index is 11.9. The number of rotatable bonds is 3. The summed E-state index contributed by atoms with van der Waals surface area (Å²) in [7, 11) is 1.44. The summed E-state index contributed by atoms with van der Waals surface area (Å²) in [6.45, 7) is 12.2. The van der Waals surface area contributed by atoms with Gasteiger partial charge >= 0.3 is 5.97 Å². The highest BCUT2D eigenvalue weighted by Gasteiger charge is 2.47. The highest BCUT2D eigenvalue weighted by molar-refractivity contribution is 7.81. The highest BCUT2D eigenvalue weighted by atomic mass is 32.1. The molecule has 0 aromatic carbocycles. The maximum absolute atomic E-state index is 11.9. The molecule has 3 heteroatoms. The first-order chi connectivity index (χ1) is 6.44. The minimum atomic E-state index is -0.507. The van der Waals surface area contributed by atoms with Crippen LogP contribution in [0.1, 0.15) is 48.0 Å². The number of thiol groups is 1. The second-order valence-corrected chi connectivity index (χ2v) is 7.27. The molecule has 0 radical (unpaired) electrons. The minimum absolute atomic E-state index is 0.139. The van der Waals surface area contributed by atoms with Gasteiger partial charge in [0.25, 0.3) is 0 Å². The first kappa shape index (κ1) is 14.8. The van der Waals surface area contributed by atoms with Crippen molar-refractivity contribution in [1.29, 1.82) is 0 Å². The van der Waals surface area contributed by atoms with E-state index in [0.717, 1.165) is 0 Å². The average Bonchev–Trinajstić information content (AvgIpc) is 1.97. The molecule has 0 spiro atoms. The Kier molecular flexibility index (Phi) is 4.31. The van der Waals surface area contributed by atoms with Crippen LogP contribution in [0.3, 0.4) is 0 Å². The molecule has 90 valence electrons. The summed E-state index contributed by atoms with van der Waals surface area (Å²) < 4.78 is 4.73. The largest absolute Gasteiger partial charge is 0.469 e. The van der Waals surface area contributed by atoms with E-state index in [9.17, 15) is 4.79 Å². The van der Waals surface area contributed by atoms with Crippen LogP contribution in [0, 0.1) is 10.8 Å². The third-order valence-corrected chi connectivity index (χ3v) is 3.24. The third-order valence-electron chi connectivity index (χ3n) is 3.08. The molecule has 0 aromatic rings. The van der Waals surface area contributed by atoms with E-state index in [4.69, 9.17) is 4.74 Å². The lowest BCUT2D eigenvalue weighted by Crippen LogP contribution is -2.44. The van der Waals surface area contributed by atoms with Crippen molar-refractivity contribution in [3.8, 4) is 0 Å². The van der Waals surface area contributed by atoms with E-state index in [1.807, 2.05) is 20.8 Å². The summed E-state index contributed by atoms with van der Waals surface area (Å²) in [6, 6.07) is 0. The van der Waals surface area contributed by atoms with E-state index in [1.54, 1.807) is 0 Å². The van der Waals surface area contributed by atoms with Gasteiger partial charge in [0, 0.05) is 4.75 Å². The Hall–Kier alpha value is -0.180. The Labute approximate surface area is 99.2 Å². The molecule has 0 aliphatic rings. The van der Waals surface area contributed by atoms with Crippen LogP contribution in [0.2, 0.25) is 0 Å². The van der Waals surface area contributed by atoms with Gasteiger partial charge in [0.05, 0.1) is 12.5 Å². The first-order valence-corrected chi connectivity index (χ1v) is 5.69. The lowest BCUT2D eigenvalue weighted by atomic mass is 9.64. The zero-order chi connectivity index (χ0) is 12.5. The van der Waals surface area contributed by atoms with Crippen molar-refractivity contribution in [2.45, 2.75) is 52.7 Å². The fraction of sp³-hybridized carbons (Fsp3) is 0.917. The molecule has 0 N–H and O–H groups in total. The Morgan fingerprint density at radius 1 is 1.13 bits per heavy atom. The Bertz CT molecular complexity index is 235. The van der Waals surface area contributed by atoms with E-state index in [1.165, 1.54) is 7.11 Å². The molecule has 0 aliphatic carbocycles. The standard InChI is InChI=1S/C12H24O2S/c1-10(2,3)12(6,9(13)14-7)8-11(4,5)15/h15H,8H2,1-7H3. The first-order valence-electron chi connectivity index (χ1n) is 5.25. The minimum Gasteiger partial charge on any atom is -0.469 e. The van der Waals surface area contributed by atoms with E-state index < -0.39 is 5.41 Å². The van der Waals surface area contributed by atoms with E-state index in [-0.39, 0.29) is 16.1 Å². The van der Waals surface area contributed by atoms with Gasteiger partial charge in [-0.15, -0.1) is 0 Å². The molecule has 1 unspecified atom stereocenters. The molecule has 0 fully saturated rings. The number of carbonyl (C=O) groups excluding carboxylic acids is 1. The van der Waals surface area contributed by atoms with Gasteiger partial charge in [-0.2, -0.15) is 12.6 Å². The van der Waals surface area contributed by atoms with Crippen LogP contribution < -0.4 is 0 Å². The second-order valence-electron chi connectivity index (χ2n) is 6.06. The lowest BCUT2D eigenvalue weighted by Gasteiger charge is -2.42. The second kappa shape index (κ2) is 4.36. The number of hydrogen-bond acceptors (Lipinski definition) is 3. The predicted octanol–water partition coefficient (Wildman–Crippen LogP) is 3.31. The fourth-order valence-electron chi connectivity index (χ4n) is 1.73. The van der Waals surface area contributed by atoms with Gasteiger partial charge in [0.2, 0.25) is 0 Å². The van der Waals surface area contributed by atoms with Crippen LogP contribution in [0.4, 0.5) is 0 Å². The normalized spacial score (nSPS) is 17.1. The van der Waals surface area contributed by atoms with Crippen LogP contribution in [-0.2, 0) is 9.53 Å². The quantitative estimate of drug-likeness (QED) is 0.597. The van der Waals surface area contributed by atoms with Crippen molar-refractivity contribution in [1.82, 2.24) is 0 Å². The van der Waals surface area contributed by atoms with Gasteiger partial charge in [0.1, 0.15) is 0 Å². The Morgan fingerprint density at radius 3 is 1.73 bits per heavy atom. The van der Waals surface area contributed by atoms with Crippen LogP contribution in [-0.4, -0.2) is 17.8 Å². The van der Waals surface area contributed by atoms with Crippen LogP contribution >= 0.6 is 12.6 Å². The van der Waals surface area contributed by atoms with Gasteiger partial charge in [-0.1, -0.05) is 34.6 Å². The molecule has 0 rings (SSSR count). The van der Waals surface area contributed by atoms with Crippen molar-refractivity contribution >= 4 is 18.6 Å². The third kappa shape index (κ3) is 3.71. The highest BCUT2D eigenvalue weighted by Crippen LogP contribution is 2.46. The lowest BCUT2D eigenvalue weighted by molar-refractivity contribution is -0.159. The van der Waals surface area contributed by atoms with Crippen molar-refractivity contribution in [2.75, 3.05) is 7.11 Å². The summed E-state index contributed by atoms with van der Waals surface area (Å²) in [6.07, 6.45) is 0.694. The van der Waals surface area contributed by atoms with Crippen molar-refractivity contribution in [3.63, 3.8) is 0 Å². The van der Waals surface area contributed by atoms with Gasteiger partial charge in [-0.3, -0.25) is 4.79 Å². The summed E-state index contributed by atoms with van der Waals surface area (Å²) in [5.41, 5.74) is -0.646. The maximum Gasteiger partial charge on any atom is 0.312 e. The average molecular weight is 232 g/mol. The molecular weight excluding hydrogens is 208 g/mol. The Balaban J connectivity index is 5.14. The summed E-state index contributed by atoms with van der Waals surface area (Å²) >= 11 is 4.51. The molecule has 0 bridgehead atoms. The molecule has 0 saturated carbocycles. The SMILES string of the molecule is COC(=O)C(C)(CC(C)(C)S)C(C)(C)C. The zero-order valence-corrected chi connectivity index (χ0v) is 11.9. The smallest absolute Gasteiger partial charge is 0.312 e. The monoisotopic (exact) mass is 232 g/mol. The fourth-order valence-corrected chi connectivity index (χ4v) is 2.05. The number of carbonyl (C=O) groups is 1. The van der Waals surface area contributed by atoms with E-state index in [0.29, 0.717) is 6.42 Å². The molecule has 0 aromatic heterocycles. The van der Waals surface area contributed by atoms with Crippen molar-refractivity contribution in [2.24, 2.45) is 10.8 Å². The van der Waals surface area contributed by atoms with Gasteiger partial charge in [-0.25, -0.2) is 0 Å². The molecule has 0 aliphatic heterocycles. The zero-order valence-electron chi connectivity index (χ0n) is 11.0. The molecule has 2 nitrogen and oxygen atoms in total. The van der Waals surface area contributed by atoms with Gasteiger partial charge in [0.15, 0.2) is 0 Å². The number of hydrogen-bond donors (Lipinski definition) is 1. The number of ether oxygens (including phenoxy) is 1. The summed E-state index contributed by atoms with van der Waals surface area (Å²) in [5, 5.41) is 0.